The standard InChI is InChI=1S/C8H19NO4/c1-8(2,3)9(4-6-12-10)5-7-13-11/h10-11H,4-7H2,1-3H3. The number of rotatable bonds is 6. The molecule has 0 aromatic carbocycles. The van der Waals surface area contributed by atoms with Gasteiger partial charge >= 0.3 is 0 Å². The molecule has 5 nitrogen and oxygen atoms in total. The molecule has 0 saturated carbocycles. The molecule has 0 fully saturated rings. The summed E-state index contributed by atoms with van der Waals surface area (Å²) in [5, 5.41) is 16.4. The SMILES string of the molecule is CC(C)(C)N(CCOO)CCOO. The van der Waals surface area contributed by atoms with Crippen LogP contribution in [0.5, 0.6) is 0 Å². The fourth-order valence-electron chi connectivity index (χ4n) is 1.08. The van der Waals surface area contributed by atoms with E-state index in [-0.39, 0.29) is 18.8 Å². The van der Waals surface area contributed by atoms with E-state index in [9.17, 15) is 0 Å². The number of nitrogens with zero attached hydrogens (tertiary/aromatic N) is 1. The van der Waals surface area contributed by atoms with Gasteiger partial charge in [0.15, 0.2) is 0 Å². The smallest absolute Gasteiger partial charge is 0.0946 e. The second-order valence-corrected chi connectivity index (χ2v) is 3.82. The van der Waals surface area contributed by atoms with Gasteiger partial charge in [0.05, 0.1) is 13.2 Å². The van der Waals surface area contributed by atoms with Crippen molar-refractivity contribution < 1.29 is 20.3 Å². The lowest BCUT2D eigenvalue weighted by atomic mass is 10.1. The maximum Gasteiger partial charge on any atom is 0.0946 e. The van der Waals surface area contributed by atoms with Gasteiger partial charge in [-0.15, -0.1) is 0 Å². The molecule has 0 aliphatic heterocycles. The molecule has 0 aliphatic rings. The molecule has 0 atom stereocenters. The molecular formula is C8H19NO4. The van der Waals surface area contributed by atoms with Crippen LogP contribution in [0.3, 0.4) is 0 Å². The molecule has 0 saturated heterocycles. The van der Waals surface area contributed by atoms with Crippen molar-refractivity contribution in [3.8, 4) is 0 Å². The third kappa shape index (κ3) is 5.95. The van der Waals surface area contributed by atoms with E-state index in [1.165, 1.54) is 0 Å². The molecule has 0 bridgehead atoms. The predicted molar refractivity (Wildman–Crippen MR) is 48.5 cm³/mol. The Morgan fingerprint density at radius 3 is 1.62 bits per heavy atom. The third-order valence-corrected chi connectivity index (χ3v) is 1.85. The Morgan fingerprint density at radius 2 is 1.38 bits per heavy atom. The normalized spacial score (nSPS) is 12.5. The lowest BCUT2D eigenvalue weighted by Gasteiger charge is -2.34. The van der Waals surface area contributed by atoms with Gasteiger partial charge in [-0.3, -0.25) is 15.4 Å². The molecule has 0 unspecified atom stereocenters. The Kier molecular flexibility index (Phi) is 6.19. The fraction of sp³-hybridized carbons (Fsp3) is 1.00. The summed E-state index contributed by atoms with van der Waals surface area (Å²) in [7, 11) is 0. The first-order chi connectivity index (χ1) is 6.02. The molecule has 0 aliphatic carbocycles. The van der Waals surface area contributed by atoms with Crippen LogP contribution in [0.15, 0.2) is 0 Å². The van der Waals surface area contributed by atoms with Gasteiger partial charge in [0.2, 0.25) is 0 Å². The van der Waals surface area contributed by atoms with Gasteiger partial charge in [-0.05, 0) is 20.8 Å². The van der Waals surface area contributed by atoms with Crippen molar-refractivity contribution in [3.05, 3.63) is 0 Å². The van der Waals surface area contributed by atoms with Gasteiger partial charge < -0.3 is 0 Å². The Hall–Kier alpha value is -0.200. The highest BCUT2D eigenvalue weighted by Gasteiger charge is 2.20. The van der Waals surface area contributed by atoms with Crippen LogP contribution in [0.2, 0.25) is 0 Å². The number of hydrogen-bond acceptors (Lipinski definition) is 5. The van der Waals surface area contributed by atoms with Crippen LogP contribution in [0.25, 0.3) is 0 Å². The topological polar surface area (TPSA) is 62.2 Å². The zero-order valence-electron chi connectivity index (χ0n) is 8.49. The van der Waals surface area contributed by atoms with Gasteiger partial charge in [-0.2, -0.15) is 0 Å². The van der Waals surface area contributed by atoms with E-state index >= 15 is 0 Å². The quantitative estimate of drug-likeness (QED) is 0.488. The van der Waals surface area contributed by atoms with Crippen molar-refractivity contribution in [3.63, 3.8) is 0 Å². The van der Waals surface area contributed by atoms with E-state index in [1.807, 2.05) is 25.7 Å². The monoisotopic (exact) mass is 193 g/mol. The highest BCUT2D eigenvalue weighted by Crippen LogP contribution is 2.11. The van der Waals surface area contributed by atoms with E-state index in [1.54, 1.807) is 0 Å². The van der Waals surface area contributed by atoms with Gasteiger partial charge in [-0.1, -0.05) is 0 Å². The first-order valence-electron chi connectivity index (χ1n) is 4.30. The van der Waals surface area contributed by atoms with E-state index < -0.39 is 0 Å². The molecule has 80 valence electrons. The Balaban J connectivity index is 3.88. The summed E-state index contributed by atoms with van der Waals surface area (Å²) in [4.78, 5) is 10.0. The predicted octanol–water partition coefficient (Wildman–Crippen LogP) is 1.07. The van der Waals surface area contributed by atoms with Gasteiger partial charge in [-0.25, -0.2) is 9.78 Å². The molecule has 0 spiro atoms. The molecule has 2 N–H and O–H groups in total. The number of hydrogen-bond donors (Lipinski definition) is 2. The summed E-state index contributed by atoms with van der Waals surface area (Å²) in [5.41, 5.74) is -0.0307. The lowest BCUT2D eigenvalue weighted by Crippen LogP contribution is -2.44. The third-order valence-electron chi connectivity index (χ3n) is 1.85. The summed E-state index contributed by atoms with van der Waals surface area (Å²) >= 11 is 0. The van der Waals surface area contributed by atoms with Crippen molar-refractivity contribution in [2.24, 2.45) is 0 Å². The molecule has 13 heavy (non-hydrogen) atoms. The minimum Gasteiger partial charge on any atom is -0.294 e. The Labute approximate surface area is 78.7 Å². The van der Waals surface area contributed by atoms with Crippen molar-refractivity contribution in [1.82, 2.24) is 4.90 Å². The van der Waals surface area contributed by atoms with E-state index in [0.717, 1.165) is 0 Å². The van der Waals surface area contributed by atoms with Gasteiger partial charge in [0, 0.05) is 18.6 Å². The minimum absolute atomic E-state index is 0.0307. The van der Waals surface area contributed by atoms with Crippen LogP contribution in [-0.4, -0.2) is 47.3 Å². The lowest BCUT2D eigenvalue weighted by molar-refractivity contribution is -0.254. The maximum absolute atomic E-state index is 8.20. The molecule has 0 heterocycles. The zero-order chi connectivity index (χ0) is 10.3. The summed E-state index contributed by atoms with van der Waals surface area (Å²) in [6.07, 6.45) is 0. The molecule has 5 heteroatoms. The first kappa shape index (κ1) is 12.8. The molecule has 0 rings (SSSR count). The van der Waals surface area contributed by atoms with Gasteiger partial charge in [0.25, 0.3) is 0 Å². The van der Waals surface area contributed by atoms with Crippen molar-refractivity contribution in [2.75, 3.05) is 26.3 Å². The van der Waals surface area contributed by atoms with Crippen LogP contribution >= 0.6 is 0 Å². The summed E-state index contributed by atoms with van der Waals surface area (Å²) < 4.78 is 0. The summed E-state index contributed by atoms with van der Waals surface area (Å²) in [6, 6.07) is 0. The van der Waals surface area contributed by atoms with Crippen molar-refractivity contribution >= 4 is 0 Å². The molecular weight excluding hydrogens is 174 g/mol. The first-order valence-corrected chi connectivity index (χ1v) is 4.30. The highest BCUT2D eigenvalue weighted by molar-refractivity contribution is 4.75. The Morgan fingerprint density at radius 1 is 1.00 bits per heavy atom. The molecule has 0 aromatic rings. The van der Waals surface area contributed by atoms with Crippen molar-refractivity contribution in [2.45, 2.75) is 26.3 Å². The van der Waals surface area contributed by atoms with Crippen LogP contribution in [0.4, 0.5) is 0 Å². The van der Waals surface area contributed by atoms with E-state index in [4.69, 9.17) is 10.5 Å². The van der Waals surface area contributed by atoms with Crippen LogP contribution < -0.4 is 0 Å². The highest BCUT2D eigenvalue weighted by atomic mass is 17.1. The minimum atomic E-state index is -0.0307. The zero-order valence-corrected chi connectivity index (χ0v) is 8.49. The Bertz CT molecular complexity index is 116. The fourth-order valence-corrected chi connectivity index (χ4v) is 1.08. The summed E-state index contributed by atoms with van der Waals surface area (Å²) in [6.45, 7) is 7.84. The average molecular weight is 193 g/mol. The van der Waals surface area contributed by atoms with Gasteiger partial charge in [0.1, 0.15) is 0 Å². The second kappa shape index (κ2) is 6.28. The van der Waals surface area contributed by atoms with Crippen LogP contribution in [0, 0.1) is 0 Å². The summed E-state index contributed by atoms with van der Waals surface area (Å²) in [5.74, 6) is 0. The van der Waals surface area contributed by atoms with E-state index in [2.05, 4.69) is 9.78 Å². The van der Waals surface area contributed by atoms with Crippen LogP contribution in [0.1, 0.15) is 20.8 Å². The molecule has 0 aromatic heterocycles. The van der Waals surface area contributed by atoms with Crippen molar-refractivity contribution in [1.29, 1.82) is 0 Å². The maximum atomic E-state index is 8.20. The van der Waals surface area contributed by atoms with E-state index in [0.29, 0.717) is 13.1 Å². The molecule has 0 radical (unpaired) electrons. The van der Waals surface area contributed by atoms with Crippen LogP contribution in [-0.2, 0) is 9.78 Å². The largest absolute Gasteiger partial charge is 0.294 e. The second-order valence-electron chi connectivity index (χ2n) is 3.82. The molecule has 0 amide bonds. The average Bonchev–Trinajstić information content (AvgIpc) is 2.02.